The highest BCUT2D eigenvalue weighted by Crippen LogP contribution is 2.29. The zero-order valence-corrected chi connectivity index (χ0v) is 14.8. The van der Waals surface area contributed by atoms with Crippen LogP contribution in [0.25, 0.3) is 11.1 Å². The molecule has 0 saturated carbocycles. The number of hydrogen-bond donors (Lipinski definition) is 0. The van der Waals surface area contributed by atoms with Crippen LogP contribution in [0.1, 0.15) is 30.1 Å². The molecule has 1 saturated heterocycles. The number of benzene rings is 1. The van der Waals surface area contributed by atoms with Crippen molar-refractivity contribution < 1.29 is 14.3 Å². The molecule has 0 N–H and O–H groups in total. The summed E-state index contributed by atoms with van der Waals surface area (Å²) in [5, 5.41) is 0. The van der Waals surface area contributed by atoms with Crippen LogP contribution >= 0.6 is 0 Å². The lowest BCUT2D eigenvalue weighted by Gasteiger charge is -2.31. The van der Waals surface area contributed by atoms with Crippen LogP contribution in [-0.2, 0) is 4.74 Å². The van der Waals surface area contributed by atoms with Gasteiger partial charge in [-0.3, -0.25) is 9.78 Å². The monoisotopic (exact) mass is 340 g/mol. The molecule has 5 nitrogen and oxygen atoms in total. The lowest BCUT2D eigenvalue weighted by atomic mass is 10.0. The summed E-state index contributed by atoms with van der Waals surface area (Å²) >= 11 is 0. The van der Waals surface area contributed by atoms with Crippen molar-refractivity contribution >= 4 is 5.91 Å². The average Bonchev–Trinajstić information content (AvgIpc) is 2.68. The number of nitrogens with zero attached hydrogens (tertiary/aromatic N) is 2. The maximum atomic E-state index is 12.7. The van der Waals surface area contributed by atoms with Crippen LogP contribution in [0, 0.1) is 0 Å². The van der Waals surface area contributed by atoms with E-state index < -0.39 is 0 Å². The van der Waals surface area contributed by atoms with Crippen LogP contribution in [0.15, 0.2) is 42.7 Å². The molecule has 25 heavy (non-hydrogen) atoms. The Labute approximate surface area is 148 Å². The third kappa shape index (κ3) is 3.99. The highest BCUT2D eigenvalue weighted by molar-refractivity contribution is 5.94. The molecule has 2 heterocycles. The Bertz CT molecular complexity index is 707. The molecule has 5 heteroatoms. The van der Waals surface area contributed by atoms with E-state index in [9.17, 15) is 4.79 Å². The first-order valence-electron chi connectivity index (χ1n) is 8.72. The molecular formula is C20H24N2O3. The number of piperidine rings is 1. The molecule has 0 spiro atoms. The molecule has 0 radical (unpaired) electrons. The first kappa shape index (κ1) is 17.4. The Balaban J connectivity index is 1.69. The Morgan fingerprint density at radius 2 is 1.92 bits per heavy atom. The van der Waals surface area contributed by atoms with Gasteiger partial charge in [-0.25, -0.2) is 0 Å². The van der Waals surface area contributed by atoms with Crippen LogP contribution in [0.2, 0.25) is 0 Å². The van der Waals surface area contributed by atoms with E-state index in [1.807, 2.05) is 42.2 Å². The van der Waals surface area contributed by atoms with E-state index in [0.29, 0.717) is 5.56 Å². The Kier molecular flexibility index (Phi) is 5.66. The van der Waals surface area contributed by atoms with Crippen LogP contribution < -0.4 is 4.74 Å². The minimum atomic E-state index is 0.0863. The number of amides is 1. The topological polar surface area (TPSA) is 51.7 Å². The fourth-order valence-corrected chi connectivity index (χ4v) is 3.22. The zero-order chi connectivity index (χ0) is 17.6. The molecule has 0 aliphatic carbocycles. The van der Waals surface area contributed by atoms with Gasteiger partial charge in [-0.05, 0) is 43.5 Å². The standard InChI is InChI=1S/C20H24N2O3/c1-3-25-17-9-12-22(13-10-17)20(23)16-6-4-15(5-7-16)18-8-11-21-14-19(18)24-2/h4-8,11,14,17H,3,9-10,12-13H2,1-2H3. The molecule has 3 rings (SSSR count). The van der Waals surface area contributed by atoms with Gasteiger partial charge in [0.25, 0.3) is 5.91 Å². The second-order valence-corrected chi connectivity index (χ2v) is 6.10. The first-order valence-corrected chi connectivity index (χ1v) is 8.72. The second kappa shape index (κ2) is 8.12. The van der Waals surface area contributed by atoms with Crippen LogP contribution in [-0.4, -0.2) is 48.7 Å². The van der Waals surface area contributed by atoms with Crippen molar-refractivity contribution in [2.75, 3.05) is 26.8 Å². The molecule has 1 aromatic heterocycles. The van der Waals surface area contributed by atoms with E-state index in [4.69, 9.17) is 9.47 Å². The van der Waals surface area contributed by atoms with E-state index >= 15 is 0 Å². The van der Waals surface area contributed by atoms with Gasteiger partial charge in [0.2, 0.25) is 0 Å². The van der Waals surface area contributed by atoms with Crippen molar-refractivity contribution in [1.82, 2.24) is 9.88 Å². The summed E-state index contributed by atoms with van der Waals surface area (Å²) in [6, 6.07) is 9.59. The van der Waals surface area contributed by atoms with Gasteiger partial charge in [-0.15, -0.1) is 0 Å². The summed E-state index contributed by atoms with van der Waals surface area (Å²) in [6.45, 7) is 4.25. The summed E-state index contributed by atoms with van der Waals surface area (Å²) in [7, 11) is 1.63. The predicted octanol–water partition coefficient (Wildman–Crippen LogP) is 3.40. The third-order valence-electron chi connectivity index (χ3n) is 4.58. The summed E-state index contributed by atoms with van der Waals surface area (Å²) in [5.74, 6) is 0.808. The number of rotatable bonds is 5. The molecule has 2 aromatic rings. The molecule has 1 fully saturated rings. The Morgan fingerprint density at radius 3 is 2.56 bits per heavy atom. The summed E-state index contributed by atoms with van der Waals surface area (Å²) in [4.78, 5) is 18.7. The van der Waals surface area contributed by atoms with Crippen molar-refractivity contribution in [3.05, 3.63) is 48.3 Å². The maximum absolute atomic E-state index is 12.7. The molecular weight excluding hydrogens is 316 g/mol. The lowest BCUT2D eigenvalue weighted by Crippen LogP contribution is -2.40. The van der Waals surface area contributed by atoms with Gasteiger partial charge < -0.3 is 14.4 Å². The number of likely N-dealkylation sites (tertiary alicyclic amines) is 1. The van der Waals surface area contributed by atoms with E-state index in [2.05, 4.69) is 4.98 Å². The van der Waals surface area contributed by atoms with Crippen molar-refractivity contribution in [1.29, 1.82) is 0 Å². The van der Waals surface area contributed by atoms with Gasteiger partial charge in [-0.1, -0.05) is 12.1 Å². The predicted molar refractivity (Wildman–Crippen MR) is 96.8 cm³/mol. The second-order valence-electron chi connectivity index (χ2n) is 6.10. The molecule has 1 aromatic carbocycles. The van der Waals surface area contributed by atoms with Crippen molar-refractivity contribution in [2.24, 2.45) is 0 Å². The van der Waals surface area contributed by atoms with E-state index in [1.54, 1.807) is 19.5 Å². The van der Waals surface area contributed by atoms with E-state index in [1.165, 1.54) is 0 Å². The largest absolute Gasteiger partial charge is 0.494 e. The van der Waals surface area contributed by atoms with E-state index in [0.717, 1.165) is 49.4 Å². The van der Waals surface area contributed by atoms with Crippen LogP contribution in [0.5, 0.6) is 5.75 Å². The molecule has 0 atom stereocenters. The van der Waals surface area contributed by atoms with Gasteiger partial charge in [0, 0.05) is 37.0 Å². The molecule has 0 bridgehead atoms. The first-order chi connectivity index (χ1) is 12.2. The maximum Gasteiger partial charge on any atom is 0.253 e. The van der Waals surface area contributed by atoms with Crippen molar-refractivity contribution in [3.63, 3.8) is 0 Å². The number of methoxy groups -OCH3 is 1. The third-order valence-corrected chi connectivity index (χ3v) is 4.58. The minimum absolute atomic E-state index is 0.0863. The quantitative estimate of drug-likeness (QED) is 0.837. The van der Waals surface area contributed by atoms with Gasteiger partial charge >= 0.3 is 0 Å². The van der Waals surface area contributed by atoms with Gasteiger partial charge in [0.1, 0.15) is 5.75 Å². The number of pyridine rings is 1. The van der Waals surface area contributed by atoms with Crippen molar-refractivity contribution in [3.8, 4) is 16.9 Å². The fourth-order valence-electron chi connectivity index (χ4n) is 3.22. The number of hydrogen-bond acceptors (Lipinski definition) is 4. The van der Waals surface area contributed by atoms with Crippen LogP contribution in [0.4, 0.5) is 0 Å². The summed E-state index contributed by atoms with van der Waals surface area (Å²) in [6.07, 6.45) is 5.53. The van der Waals surface area contributed by atoms with Gasteiger partial charge in [0.05, 0.1) is 19.4 Å². The van der Waals surface area contributed by atoms with E-state index in [-0.39, 0.29) is 12.0 Å². The highest BCUT2D eigenvalue weighted by Gasteiger charge is 2.23. The lowest BCUT2D eigenvalue weighted by molar-refractivity contribution is 0.0146. The van der Waals surface area contributed by atoms with Crippen molar-refractivity contribution in [2.45, 2.75) is 25.9 Å². The molecule has 1 aliphatic heterocycles. The molecule has 1 aliphatic rings. The number of carbonyl (C=O) groups excluding carboxylic acids is 1. The number of carbonyl (C=O) groups is 1. The number of aromatic nitrogens is 1. The fraction of sp³-hybridized carbons (Fsp3) is 0.400. The molecule has 1 amide bonds. The molecule has 132 valence electrons. The average molecular weight is 340 g/mol. The smallest absolute Gasteiger partial charge is 0.253 e. The summed E-state index contributed by atoms with van der Waals surface area (Å²) < 4.78 is 11.0. The molecule has 0 unspecified atom stereocenters. The Morgan fingerprint density at radius 1 is 1.20 bits per heavy atom. The minimum Gasteiger partial charge on any atom is -0.494 e. The van der Waals surface area contributed by atoms with Crippen LogP contribution in [0.3, 0.4) is 0 Å². The van der Waals surface area contributed by atoms with Gasteiger partial charge in [-0.2, -0.15) is 0 Å². The summed E-state index contributed by atoms with van der Waals surface area (Å²) in [5.41, 5.74) is 2.69. The highest BCUT2D eigenvalue weighted by atomic mass is 16.5. The zero-order valence-electron chi connectivity index (χ0n) is 14.8. The Hall–Kier alpha value is -2.40. The SMILES string of the molecule is CCOC1CCN(C(=O)c2ccc(-c3ccncc3OC)cc2)CC1. The van der Waals surface area contributed by atoms with Gasteiger partial charge in [0.15, 0.2) is 0 Å². The number of ether oxygens (including phenoxy) is 2. The normalized spacial score (nSPS) is 15.2.